The van der Waals surface area contributed by atoms with E-state index in [2.05, 4.69) is 56.1 Å². The summed E-state index contributed by atoms with van der Waals surface area (Å²) in [7, 11) is 2.13. The predicted octanol–water partition coefficient (Wildman–Crippen LogP) is 3.30. The monoisotopic (exact) mass is 242 g/mol. The lowest BCUT2D eigenvalue weighted by molar-refractivity contribution is 0.222. The number of rotatable bonds is 2. The summed E-state index contributed by atoms with van der Waals surface area (Å²) >= 11 is 0. The molecule has 2 nitrogen and oxygen atoms in total. The summed E-state index contributed by atoms with van der Waals surface area (Å²) in [6.07, 6.45) is 1.89. The minimum atomic E-state index is -0.262. The quantitative estimate of drug-likeness (QED) is 0.795. The average Bonchev–Trinajstić information content (AvgIpc) is 2.40. The molecular formula is C16H22N2. The molecule has 0 atom stereocenters. The molecule has 0 radical (unpaired) electrons. The minimum absolute atomic E-state index is 0.262. The van der Waals surface area contributed by atoms with Gasteiger partial charge in [-0.05, 0) is 50.0 Å². The topological polar surface area (TPSA) is 27.0 Å². The Morgan fingerprint density at radius 3 is 2.17 bits per heavy atom. The molecule has 1 aliphatic rings. The number of piperidine rings is 1. The van der Waals surface area contributed by atoms with E-state index in [-0.39, 0.29) is 5.41 Å². The van der Waals surface area contributed by atoms with Gasteiger partial charge in [0, 0.05) is 0 Å². The van der Waals surface area contributed by atoms with E-state index >= 15 is 0 Å². The van der Waals surface area contributed by atoms with Crippen molar-refractivity contribution < 1.29 is 0 Å². The van der Waals surface area contributed by atoms with Crippen LogP contribution >= 0.6 is 0 Å². The normalized spacial score (nSPS) is 19.7. The summed E-state index contributed by atoms with van der Waals surface area (Å²) in [6, 6.07) is 11.2. The third-order valence-electron chi connectivity index (χ3n) is 4.18. The molecule has 2 heteroatoms. The van der Waals surface area contributed by atoms with Crippen LogP contribution in [0.15, 0.2) is 24.3 Å². The molecule has 0 saturated carbocycles. The van der Waals surface area contributed by atoms with Crippen LogP contribution in [0.2, 0.25) is 0 Å². The highest BCUT2D eigenvalue weighted by Gasteiger charge is 2.35. The van der Waals surface area contributed by atoms with Crippen molar-refractivity contribution in [2.24, 2.45) is 0 Å². The second kappa shape index (κ2) is 5.12. The lowest BCUT2D eigenvalue weighted by Crippen LogP contribution is -2.39. The molecule has 1 fully saturated rings. The average molecular weight is 242 g/mol. The van der Waals surface area contributed by atoms with Crippen LogP contribution < -0.4 is 0 Å². The maximum atomic E-state index is 9.59. The fourth-order valence-corrected chi connectivity index (χ4v) is 2.65. The third kappa shape index (κ3) is 2.42. The number of benzene rings is 1. The lowest BCUT2D eigenvalue weighted by atomic mass is 9.74. The maximum absolute atomic E-state index is 9.59. The summed E-state index contributed by atoms with van der Waals surface area (Å²) in [4.78, 5) is 2.30. The second-order valence-corrected chi connectivity index (χ2v) is 5.77. The minimum Gasteiger partial charge on any atom is -0.306 e. The van der Waals surface area contributed by atoms with Crippen LogP contribution in [0.4, 0.5) is 0 Å². The summed E-state index contributed by atoms with van der Waals surface area (Å²) in [5.41, 5.74) is 2.28. The van der Waals surface area contributed by atoms with Gasteiger partial charge in [0.05, 0.1) is 11.5 Å². The van der Waals surface area contributed by atoms with Crippen molar-refractivity contribution in [2.45, 2.75) is 38.0 Å². The molecule has 0 aliphatic carbocycles. The van der Waals surface area contributed by atoms with E-state index in [1.54, 1.807) is 0 Å². The predicted molar refractivity (Wildman–Crippen MR) is 74.6 cm³/mol. The van der Waals surface area contributed by atoms with Crippen LogP contribution in [-0.4, -0.2) is 25.0 Å². The molecule has 0 amide bonds. The van der Waals surface area contributed by atoms with Crippen molar-refractivity contribution in [3.8, 4) is 6.07 Å². The summed E-state index contributed by atoms with van der Waals surface area (Å²) in [5, 5.41) is 9.59. The summed E-state index contributed by atoms with van der Waals surface area (Å²) in [5.74, 6) is 0.551. The first-order valence-electron chi connectivity index (χ1n) is 6.78. The fraction of sp³-hybridized carbons (Fsp3) is 0.562. The van der Waals surface area contributed by atoms with Crippen molar-refractivity contribution >= 4 is 0 Å². The molecule has 0 bridgehead atoms. The van der Waals surface area contributed by atoms with Gasteiger partial charge >= 0.3 is 0 Å². The van der Waals surface area contributed by atoms with E-state index in [1.165, 1.54) is 11.1 Å². The molecule has 1 heterocycles. The molecule has 96 valence electrons. The first kappa shape index (κ1) is 13.1. The largest absolute Gasteiger partial charge is 0.306 e. The van der Waals surface area contributed by atoms with Gasteiger partial charge in [-0.25, -0.2) is 0 Å². The van der Waals surface area contributed by atoms with Crippen LogP contribution in [0.3, 0.4) is 0 Å². The van der Waals surface area contributed by atoms with E-state index in [1.807, 2.05) is 0 Å². The molecule has 1 saturated heterocycles. The Kier molecular flexibility index (Phi) is 3.73. The number of likely N-dealkylation sites (tertiary alicyclic amines) is 1. The zero-order chi connectivity index (χ0) is 13.2. The summed E-state index contributed by atoms with van der Waals surface area (Å²) < 4.78 is 0. The standard InChI is InChI=1S/C16H22N2/c1-13(2)14-4-6-15(7-5-14)16(12-17)8-10-18(3)11-9-16/h4-7,13H,8-11H2,1-3H3. The SMILES string of the molecule is CC(C)c1ccc(C2(C#N)CCN(C)CC2)cc1. The van der Waals surface area contributed by atoms with Crippen LogP contribution in [0, 0.1) is 11.3 Å². The van der Waals surface area contributed by atoms with E-state index in [0.29, 0.717) is 5.92 Å². The highest BCUT2D eigenvalue weighted by molar-refractivity contribution is 5.36. The number of nitrogens with zero attached hydrogens (tertiary/aromatic N) is 2. The maximum Gasteiger partial charge on any atom is 0.0846 e. The number of hydrogen-bond acceptors (Lipinski definition) is 2. The first-order chi connectivity index (χ1) is 8.57. The Morgan fingerprint density at radius 2 is 1.72 bits per heavy atom. The van der Waals surface area contributed by atoms with Crippen LogP contribution in [0.5, 0.6) is 0 Å². The fourth-order valence-electron chi connectivity index (χ4n) is 2.65. The number of nitriles is 1. The summed E-state index contributed by atoms with van der Waals surface area (Å²) in [6.45, 7) is 6.42. The van der Waals surface area contributed by atoms with Gasteiger partial charge in [-0.15, -0.1) is 0 Å². The zero-order valence-electron chi connectivity index (χ0n) is 11.6. The molecule has 1 aliphatic heterocycles. The van der Waals surface area contributed by atoms with Gasteiger partial charge in [0.15, 0.2) is 0 Å². The van der Waals surface area contributed by atoms with Crippen molar-refractivity contribution in [2.75, 3.05) is 20.1 Å². The molecule has 2 rings (SSSR count). The highest BCUT2D eigenvalue weighted by atomic mass is 15.1. The van der Waals surface area contributed by atoms with Gasteiger partial charge < -0.3 is 4.90 Å². The van der Waals surface area contributed by atoms with Crippen molar-refractivity contribution in [1.29, 1.82) is 5.26 Å². The smallest absolute Gasteiger partial charge is 0.0846 e. The Bertz CT molecular complexity index is 431. The molecule has 1 aromatic carbocycles. The van der Waals surface area contributed by atoms with Gasteiger partial charge in [-0.3, -0.25) is 0 Å². The van der Waals surface area contributed by atoms with Crippen LogP contribution in [0.25, 0.3) is 0 Å². The molecular weight excluding hydrogens is 220 g/mol. The van der Waals surface area contributed by atoms with E-state index < -0.39 is 0 Å². The Hall–Kier alpha value is -1.33. The van der Waals surface area contributed by atoms with E-state index in [4.69, 9.17) is 0 Å². The Labute approximate surface area is 110 Å². The van der Waals surface area contributed by atoms with Gasteiger partial charge in [0.25, 0.3) is 0 Å². The molecule has 0 aromatic heterocycles. The molecule has 18 heavy (non-hydrogen) atoms. The number of hydrogen-bond donors (Lipinski definition) is 0. The second-order valence-electron chi connectivity index (χ2n) is 5.77. The lowest BCUT2D eigenvalue weighted by Gasteiger charge is -2.36. The molecule has 1 aromatic rings. The Balaban J connectivity index is 2.26. The van der Waals surface area contributed by atoms with Crippen LogP contribution in [-0.2, 0) is 5.41 Å². The highest BCUT2D eigenvalue weighted by Crippen LogP contribution is 2.35. The van der Waals surface area contributed by atoms with Crippen molar-refractivity contribution in [1.82, 2.24) is 4.90 Å². The van der Waals surface area contributed by atoms with Crippen LogP contribution in [0.1, 0.15) is 43.7 Å². The van der Waals surface area contributed by atoms with Crippen molar-refractivity contribution in [3.63, 3.8) is 0 Å². The molecule has 0 spiro atoms. The van der Waals surface area contributed by atoms with Gasteiger partial charge in [-0.2, -0.15) is 5.26 Å². The van der Waals surface area contributed by atoms with Gasteiger partial charge in [0.1, 0.15) is 0 Å². The molecule has 0 unspecified atom stereocenters. The first-order valence-corrected chi connectivity index (χ1v) is 6.78. The van der Waals surface area contributed by atoms with Crippen molar-refractivity contribution in [3.05, 3.63) is 35.4 Å². The van der Waals surface area contributed by atoms with E-state index in [9.17, 15) is 5.26 Å². The van der Waals surface area contributed by atoms with Gasteiger partial charge in [0.2, 0.25) is 0 Å². The van der Waals surface area contributed by atoms with Gasteiger partial charge in [-0.1, -0.05) is 38.1 Å². The third-order valence-corrected chi connectivity index (χ3v) is 4.18. The van der Waals surface area contributed by atoms with E-state index in [0.717, 1.165) is 25.9 Å². The zero-order valence-corrected chi connectivity index (χ0v) is 11.6. The molecule has 0 N–H and O–H groups in total. The Morgan fingerprint density at radius 1 is 1.17 bits per heavy atom.